The summed E-state index contributed by atoms with van der Waals surface area (Å²) in [5.41, 5.74) is 2.55. The van der Waals surface area contributed by atoms with E-state index in [0.717, 1.165) is 0 Å². The Morgan fingerprint density at radius 1 is 1.80 bits per heavy atom. The summed E-state index contributed by atoms with van der Waals surface area (Å²) in [6, 6.07) is 0. The van der Waals surface area contributed by atoms with Gasteiger partial charge in [0, 0.05) is 6.20 Å². The zero-order valence-electron chi connectivity index (χ0n) is 5.57. The first-order valence-corrected chi connectivity index (χ1v) is 2.79. The molecule has 0 aromatic rings. The van der Waals surface area contributed by atoms with Gasteiger partial charge in [0.15, 0.2) is 5.76 Å². The van der Waals surface area contributed by atoms with Crippen LogP contribution in [0.1, 0.15) is 0 Å². The van der Waals surface area contributed by atoms with E-state index in [0.29, 0.717) is 5.76 Å². The predicted octanol–water partition coefficient (Wildman–Crippen LogP) is 0.551. The van der Waals surface area contributed by atoms with Gasteiger partial charge < -0.3 is 9.68 Å². The lowest BCUT2D eigenvalue weighted by Gasteiger charge is -2.05. The highest BCUT2D eigenvalue weighted by Crippen LogP contribution is 1.96. The highest BCUT2D eigenvalue weighted by atomic mass is 16.7. The number of hydrogen-bond donors (Lipinski definition) is 1. The van der Waals surface area contributed by atoms with Gasteiger partial charge in [-0.3, -0.25) is 0 Å². The highest BCUT2D eigenvalue weighted by molar-refractivity contribution is 5.75. The van der Waals surface area contributed by atoms with Gasteiger partial charge in [0.2, 0.25) is 0 Å². The van der Waals surface area contributed by atoms with Crippen LogP contribution in [0.4, 0.5) is 0 Å². The molecule has 0 saturated heterocycles. The number of allylic oxidation sites excluding steroid dienone is 3. The van der Waals surface area contributed by atoms with Crippen LogP contribution in [0.15, 0.2) is 29.3 Å². The fraction of sp³-hybridized carbons (Fsp3) is 0.167. The number of nitrogens with zero attached hydrogens (tertiary/aromatic N) is 1. The van der Waals surface area contributed by atoms with Crippen LogP contribution in [0.25, 0.3) is 0 Å². The van der Waals surface area contributed by atoms with Crippen molar-refractivity contribution in [2.24, 2.45) is 5.16 Å². The van der Waals surface area contributed by atoms with E-state index in [-0.39, 0.29) is 0 Å². The molecule has 0 radical (unpaired) electrons. The van der Waals surface area contributed by atoms with Gasteiger partial charge in [0.05, 0.1) is 0 Å². The quantitative estimate of drug-likeness (QED) is 0.450. The van der Waals surface area contributed by atoms with Crippen LogP contribution in [0.2, 0.25) is 0 Å². The number of nitrogens with one attached hydrogen (secondary N) is 1. The van der Waals surface area contributed by atoms with E-state index >= 15 is 0 Å². The van der Waals surface area contributed by atoms with Crippen LogP contribution in [0.3, 0.4) is 0 Å². The Hall–Kier alpha value is -1.45. The summed E-state index contributed by atoms with van der Waals surface area (Å²) in [4.78, 5) is 9.32. The first-order chi connectivity index (χ1) is 4.93. The Morgan fingerprint density at radius 3 is 3.30 bits per heavy atom. The molecule has 1 N–H and O–H groups in total. The van der Waals surface area contributed by atoms with Gasteiger partial charge in [0.25, 0.3) is 0 Å². The first kappa shape index (κ1) is 6.67. The van der Waals surface area contributed by atoms with Gasteiger partial charge in [-0.05, 0) is 12.2 Å². The average molecular weight is 140 g/mol. The van der Waals surface area contributed by atoms with E-state index in [9.17, 15) is 0 Å². The summed E-state index contributed by atoms with van der Waals surface area (Å²) < 4.78 is 0. The lowest BCUT2D eigenvalue weighted by molar-refractivity contribution is 0.153. The maximum Gasteiger partial charge on any atom is 0.176 e. The lowest BCUT2D eigenvalue weighted by atomic mass is 10.4. The van der Waals surface area contributed by atoms with Gasteiger partial charge in [-0.1, -0.05) is 5.16 Å². The molecule has 10 heavy (non-hydrogen) atoms. The predicted molar refractivity (Wildman–Crippen MR) is 36.9 cm³/mol. The molecule has 1 aliphatic heterocycles. The Labute approximate surface area is 58.8 Å². The zero-order chi connectivity index (χ0) is 7.23. The van der Waals surface area contributed by atoms with E-state index in [1.54, 1.807) is 18.4 Å². The molecule has 0 aromatic carbocycles. The molecule has 0 aromatic heterocycles. The van der Waals surface area contributed by atoms with Crippen molar-refractivity contribution in [1.82, 2.24) is 5.48 Å². The Bertz CT molecular complexity index is 184. The largest absolute Gasteiger partial charge is 0.399 e. The highest BCUT2D eigenvalue weighted by Gasteiger charge is 1.94. The molecule has 0 amide bonds. The van der Waals surface area contributed by atoms with Gasteiger partial charge in [-0.25, -0.2) is 5.48 Å². The van der Waals surface area contributed by atoms with Crippen molar-refractivity contribution in [2.45, 2.75) is 0 Å². The van der Waals surface area contributed by atoms with Gasteiger partial charge in [-0.15, -0.1) is 0 Å². The van der Waals surface area contributed by atoms with Crippen molar-refractivity contribution in [1.29, 1.82) is 0 Å². The number of hydroxylamine groups is 1. The van der Waals surface area contributed by atoms with Crippen LogP contribution >= 0.6 is 0 Å². The van der Waals surface area contributed by atoms with E-state index in [2.05, 4.69) is 15.5 Å². The zero-order valence-corrected chi connectivity index (χ0v) is 5.57. The second-order valence-corrected chi connectivity index (χ2v) is 1.57. The smallest absolute Gasteiger partial charge is 0.176 e. The molecule has 0 aliphatic carbocycles. The minimum atomic E-state index is 0.615. The van der Waals surface area contributed by atoms with Gasteiger partial charge in [0.1, 0.15) is 13.3 Å². The van der Waals surface area contributed by atoms with Crippen molar-refractivity contribution in [2.75, 3.05) is 7.11 Å². The molecule has 0 unspecified atom stereocenters. The first-order valence-electron chi connectivity index (χ1n) is 2.79. The van der Waals surface area contributed by atoms with Crippen LogP contribution in [-0.4, -0.2) is 13.3 Å². The van der Waals surface area contributed by atoms with Crippen molar-refractivity contribution < 1.29 is 9.68 Å². The average Bonchev–Trinajstić information content (AvgIpc) is 2.03. The van der Waals surface area contributed by atoms with Gasteiger partial charge in [-0.2, -0.15) is 0 Å². The maximum atomic E-state index is 4.88. The number of rotatable bonds is 2. The minimum absolute atomic E-state index is 0.615. The summed E-state index contributed by atoms with van der Waals surface area (Å²) in [5, 5.41) is 3.50. The third kappa shape index (κ3) is 1.81. The lowest BCUT2D eigenvalue weighted by Crippen LogP contribution is -2.09. The molecule has 0 atom stereocenters. The van der Waals surface area contributed by atoms with E-state index in [4.69, 9.17) is 4.84 Å². The normalized spacial score (nSPS) is 15.9. The summed E-state index contributed by atoms with van der Waals surface area (Å²) in [6.45, 7) is 0. The van der Waals surface area contributed by atoms with Crippen molar-refractivity contribution in [3.05, 3.63) is 24.1 Å². The molecule has 4 heteroatoms. The molecule has 4 nitrogen and oxygen atoms in total. The Kier molecular flexibility index (Phi) is 2.37. The van der Waals surface area contributed by atoms with Crippen LogP contribution in [-0.2, 0) is 9.68 Å². The van der Waals surface area contributed by atoms with E-state index in [1.807, 2.05) is 0 Å². The molecule has 1 heterocycles. The summed E-state index contributed by atoms with van der Waals surface area (Å²) in [6.07, 6.45) is 6.71. The monoisotopic (exact) mass is 140 g/mol. The topological polar surface area (TPSA) is 42.8 Å². The Balaban J connectivity index is 2.47. The summed E-state index contributed by atoms with van der Waals surface area (Å²) in [5.74, 6) is 0.615. The molecule has 0 spiro atoms. The number of hydrogen-bond acceptors (Lipinski definition) is 4. The van der Waals surface area contributed by atoms with E-state index < -0.39 is 0 Å². The molecule has 1 rings (SSSR count). The van der Waals surface area contributed by atoms with Gasteiger partial charge >= 0.3 is 0 Å². The van der Waals surface area contributed by atoms with Crippen LogP contribution in [0.5, 0.6) is 0 Å². The molecule has 0 fully saturated rings. The third-order valence-corrected chi connectivity index (χ3v) is 0.887. The molecule has 0 bridgehead atoms. The van der Waals surface area contributed by atoms with E-state index in [1.165, 1.54) is 13.3 Å². The summed E-state index contributed by atoms with van der Waals surface area (Å²) in [7, 11) is 1.48. The fourth-order valence-corrected chi connectivity index (χ4v) is 0.492. The third-order valence-electron chi connectivity index (χ3n) is 0.887. The molecular weight excluding hydrogens is 132 g/mol. The minimum Gasteiger partial charge on any atom is -0.399 e. The Morgan fingerprint density at radius 2 is 2.70 bits per heavy atom. The number of oxime groups is 1. The second-order valence-electron chi connectivity index (χ2n) is 1.57. The van der Waals surface area contributed by atoms with Crippen molar-refractivity contribution in [3.63, 3.8) is 0 Å². The fourth-order valence-electron chi connectivity index (χ4n) is 0.492. The van der Waals surface area contributed by atoms with Crippen molar-refractivity contribution in [3.8, 4) is 0 Å². The SMILES string of the molecule is CON=CC1=CC=CNO1. The van der Waals surface area contributed by atoms with Crippen LogP contribution in [0, 0.1) is 0 Å². The molecule has 0 saturated carbocycles. The maximum absolute atomic E-state index is 4.88. The molecular formula is C6H8N2O2. The second kappa shape index (κ2) is 3.55. The standard InChI is InChI=1S/C6H8N2O2/c1-9-8-5-6-3-2-4-7-10-6/h2-5,7H,1H3. The summed E-state index contributed by atoms with van der Waals surface area (Å²) >= 11 is 0. The molecule has 54 valence electrons. The molecule has 1 aliphatic rings. The van der Waals surface area contributed by atoms with Crippen LogP contribution < -0.4 is 5.48 Å². The van der Waals surface area contributed by atoms with Crippen molar-refractivity contribution >= 4 is 6.21 Å².